The average Bonchev–Trinajstić information content (AvgIpc) is 3.07. The number of carbonyl (C=O) groups excluding carboxylic acids is 1. The number of nitrogens with zero attached hydrogens (tertiary/aromatic N) is 1. The molecule has 1 heterocycles. The third-order valence-corrected chi connectivity index (χ3v) is 4.16. The van der Waals surface area contributed by atoms with Crippen LogP contribution < -0.4 is 5.32 Å². The number of nitrogens with one attached hydrogen (secondary N) is 1. The van der Waals surface area contributed by atoms with Gasteiger partial charge < -0.3 is 15.0 Å². The Labute approximate surface area is 104 Å². The summed E-state index contributed by atoms with van der Waals surface area (Å²) in [6, 6.07) is 0.488. The van der Waals surface area contributed by atoms with Gasteiger partial charge >= 0.3 is 0 Å². The van der Waals surface area contributed by atoms with Gasteiger partial charge in [0.1, 0.15) is 0 Å². The number of hydrogen-bond acceptors (Lipinski definition) is 3. The van der Waals surface area contributed by atoms with Gasteiger partial charge in [-0.25, -0.2) is 0 Å². The molecule has 1 N–H and O–H groups in total. The lowest BCUT2D eigenvalue weighted by Gasteiger charge is -2.33. The molecule has 2 rings (SSSR count). The molecule has 0 aromatic heterocycles. The number of methoxy groups -OCH3 is 1. The Morgan fingerprint density at radius 3 is 2.76 bits per heavy atom. The second-order valence-corrected chi connectivity index (χ2v) is 5.28. The number of rotatable bonds is 6. The van der Waals surface area contributed by atoms with Crippen LogP contribution >= 0.6 is 0 Å². The molecule has 0 radical (unpaired) electrons. The van der Waals surface area contributed by atoms with Gasteiger partial charge in [0, 0.05) is 26.2 Å². The first-order chi connectivity index (χ1) is 8.23. The minimum absolute atomic E-state index is 0.143. The SMILES string of the molecule is CCC1(C(=O)N(CCOC)C2CC2)CCNC1. The van der Waals surface area contributed by atoms with E-state index in [0.717, 1.165) is 32.5 Å². The molecular weight excluding hydrogens is 216 g/mol. The highest BCUT2D eigenvalue weighted by Crippen LogP contribution is 2.36. The number of amides is 1. The highest BCUT2D eigenvalue weighted by molar-refractivity contribution is 5.84. The molecule has 17 heavy (non-hydrogen) atoms. The minimum atomic E-state index is -0.143. The molecule has 1 atom stereocenters. The molecule has 4 nitrogen and oxygen atoms in total. The van der Waals surface area contributed by atoms with Crippen molar-refractivity contribution in [2.75, 3.05) is 33.4 Å². The van der Waals surface area contributed by atoms with E-state index in [1.807, 2.05) is 0 Å². The third kappa shape index (κ3) is 2.63. The van der Waals surface area contributed by atoms with E-state index in [1.54, 1.807) is 7.11 Å². The molecule has 0 bridgehead atoms. The lowest BCUT2D eigenvalue weighted by molar-refractivity contribution is -0.142. The molecule has 2 aliphatic rings. The van der Waals surface area contributed by atoms with Gasteiger partial charge in [-0.05, 0) is 32.2 Å². The Bertz CT molecular complexity index is 271. The summed E-state index contributed by atoms with van der Waals surface area (Å²) in [5.74, 6) is 0.351. The van der Waals surface area contributed by atoms with Crippen LogP contribution in [-0.2, 0) is 9.53 Å². The predicted molar refractivity (Wildman–Crippen MR) is 66.8 cm³/mol. The Morgan fingerprint density at radius 1 is 1.53 bits per heavy atom. The molecule has 4 heteroatoms. The molecule has 0 aromatic carbocycles. The van der Waals surface area contributed by atoms with Crippen LogP contribution in [0.15, 0.2) is 0 Å². The van der Waals surface area contributed by atoms with Crippen LogP contribution in [0.2, 0.25) is 0 Å². The zero-order chi connectivity index (χ0) is 12.3. The summed E-state index contributed by atoms with van der Waals surface area (Å²) in [6.45, 7) is 5.35. The van der Waals surface area contributed by atoms with Crippen LogP contribution in [0.1, 0.15) is 32.6 Å². The molecule has 1 unspecified atom stereocenters. The summed E-state index contributed by atoms with van der Waals surface area (Å²) in [4.78, 5) is 14.8. The Balaban J connectivity index is 2.03. The fourth-order valence-electron chi connectivity index (χ4n) is 2.71. The van der Waals surface area contributed by atoms with E-state index in [1.165, 1.54) is 12.8 Å². The van der Waals surface area contributed by atoms with Crippen molar-refractivity contribution in [3.05, 3.63) is 0 Å². The summed E-state index contributed by atoms with van der Waals surface area (Å²) < 4.78 is 5.12. The first-order valence-electron chi connectivity index (χ1n) is 6.74. The van der Waals surface area contributed by atoms with E-state index in [4.69, 9.17) is 4.74 Å². The van der Waals surface area contributed by atoms with Crippen molar-refractivity contribution >= 4 is 5.91 Å². The Kier molecular flexibility index (Phi) is 4.05. The Hall–Kier alpha value is -0.610. The van der Waals surface area contributed by atoms with Crippen molar-refractivity contribution < 1.29 is 9.53 Å². The van der Waals surface area contributed by atoms with Crippen LogP contribution in [0.5, 0.6) is 0 Å². The van der Waals surface area contributed by atoms with Gasteiger partial charge in [-0.3, -0.25) is 4.79 Å². The van der Waals surface area contributed by atoms with Crippen LogP contribution in [-0.4, -0.2) is 50.2 Å². The van der Waals surface area contributed by atoms with Crippen molar-refractivity contribution in [3.63, 3.8) is 0 Å². The average molecular weight is 240 g/mol. The molecule has 98 valence electrons. The standard InChI is InChI=1S/C13H24N2O2/c1-3-13(6-7-14-10-13)12(16)15(8-9-17-2)11-4-5-11/h11,14H,3-10H2,1-2H3. The maximum atomic E-state index is 12.7. The van der Waals surface area contributed by atoms with Crippen LogP contribution in [0, 0.1) is 5.41 Å². The molecule has 1 aliphatic carbocycles. The van der Waals surface area contributed by atoms with Crippen molar-refractivity contribution in [2.24, 2.45) is 5.41 Å². The first kappa shape index (κ1) is 12.8. The fourth-order valence-corrected chi connectivity index (χ4v) is 2.71. The van der Waals surface area contributed by atoms with Crippen molar-refractivity contribution in [2.45, 2.75) is 38.6 Å². The maximum Gasteiger partial charge on any atom is 0.230 e. The minimum Gasteiger partial charge on any atom is -0.383 e. The topological polar surface area (TPSA) is 41.6 Å². The van der Waals surface area contributed by atoms with Crippen LogP contribution in [0.4, 0.5) is 0 Å². The summed E-state index contributed by atoms with van der Waals surface area (Å²) in [5, 5.41) is 3.34. The van der Waals surface area contributed by atoms with Gasteiger partial charge in [0.25, 0.3) is 0 Å². The number of ether oxygens (including phenoxy) is 1. The largest absolute Gasteiger partial charge is 0.383 e. The molecule has 0 spiro atoms. The van der Waals surface area contributed by atoms with Gasteiger partial charge in [-0.15, -0.1) is 0 Å². The molecule has 0 aromatic rings. The predicted octanol–water partition coefficient (Wildman–Crippen LogP) is 1.01. The van der Waals surface area contributed by atoms with E-state index < -0.39 is 0 Å². The van der Waals surface area contributed by atoms with Gasteiger partial charge in [0.05, 0.1) is 12.0 Å². The van der Waals surface area contributed by atoms with E-state index in [0.29, 0.717) is 18.6 Å². The molecule has 2 fully saturated rings. The second-order valence-electron chi connectivity index (χ2n) is 5.28. The quantitative estimate of drug-likeness (QED) is 0.753. The van der Waals surface area contributed by atoms with Gasteiger partial charge in [0.2, 0.25) is 5.91 Å². The summed E-state index contributed by atoms with van der Waals surface area (Å²) in [7, 11) is 1.70. The number of carbonyl (C=O) groups is 1. The van der Waals surface area contributed by atoms with Gasteiger partial charge in [0.15, 0.2) is 0 Å². The van der Waals surface area contributed by atoms with Crippen LogP contribution in [0.3, 0.4) is 0 Å². The van der Waals surface area contributed by atoms with Gasteiger partial charge in [-0.2, -0.15) is 0 Å². The summed E-state index contributed by atoms with van der Waals surface area (Å²) in [6.07, 6.45) is 4.26. The second kappa shape index (κ2) is 5.36. The Morgan fingerprint density at radius 2 is 2.29 bits per heavy atom. The maximum absolute atomic E-state index is 12.7. The van der Waals surface area contributed by atoms with Gasteiger partial charge in [-0.1, -0.05) is 6.92 Å². The highest BCUT2D eigenvalue weighted by atomic mass is 16.5. The molecular formula is C13H24N2O2. The van der Waals surface area contributed by atoms with Crippen molar-refractivity contribution in [3.8, 4) is 0 Å². The first-order valence-corrected chi connectivity index (χ1v) is 6.74. The molecule has 1 saturated carbocycles. The van der Waals surface area contributed by atoms with E-state index in [-0.39, 0.29) is 5.41 Å². The zero-order valence-electron chi connectivity index (χ0n) is 11.0. The van der Waals surface area contributed by atoms with Crippen molar-refractivity contribution in [1.29, 1.82) is 0 Å². The summed E-state index contributed by atoms with van der Waals surface area (Å²) >= 11 is 0. The monoisotopic (exact) mass is 240 g/mol. The fraction of sp³-hybridized carbons (Fsp3) is 0.923. The van der Waals surface area contributed by atoms with Crippen molar-refractivity contribution in [1.82, 2.24) is 10.2 Å². The lowest BCUT2D eigenvalue weighted by atomic mass is 9.82. The smallest absolute Gasteiger partial charge is 0.230 e. The highest BCUT2D eigenvalue weighted by Gasteiger charge is 2.45. The van der Waals surface area contributed by atoms with E-state index in [9.17, 15) is 4.79 Å². The molecule has 1 aliphatic heterocycles. The van der Waals surface area contributed by atoms with E-state index >= 15 is 0 Å². The molecule has 1 saturated heterocycles. The normalized spacial score (nSPS) is 28.4. The van der Waals surface area contributed by atoms with Crippen LogP contribution in [0.25, 0.3) is 0 Å². The summed E-state index contributed by atoms with van der Waals surface area (Å²) in [5.41, 5.74) is -0.143. The zero-order valence-corrected chi connectivity index (χ0v) is 11.0. The number of hydrogen-bond donors (Lipinski definition) is 1. The lowest BCUT2D eigenvalue weighted by Crippen LogP contribution is -2.47. The molecule has 1 amide bonds. The van der Waals surface area contributed by atoms with E-state index in [2.05, 4.69) is 17.1 Å². The third-order valence-electron chi connectivity index (χ3n) is 4.16.